The van der Waals surface area contributed by atoms with Gasteiger partial charge in [0.15, 0.2) is 5.96 Å². The van der Waals surface area contributed by atoms with Gasteiger partial charge in [-0.2, -0.15) is 0 Å². The molecule has 2 aromatic rings. The third-order valence-corrected chi connectivity index (χ3v) is 2.72. The fourth-order valence-corrected chi connectivity index (χ4v) is 1.91. The third-order valence-electron chi connectivity index (χ3n) is 2.72. The predicted octanol–water partition coefficient (Wildman–Crippen LogP) is 3.88. The summed E-state index contributed by atoms with van der Waals surface area (Å²) in [5, 5.41) is 3.10. The topological polar surface area (TPSA) is 50.4 Å². The molecule has 0 atom stereocenters. The first-order chi connectivity index (χ1) is 9.44. The number of aliphatic imine (C=N–C) groups is 1. The van der Waals surface area contributed by atoms with Crippen LogP contribution < -0.4 is 11.1 Å². The second-order valence-electron chi connectivity index (χ2n) is 5.74. The lowest BCUT2D eigenvalue weighted by atomic mass is 10.1. The molecule has 0 saturated heterocycles. The SMILES string of the molecule is CC(C)(C)N=C(N)Nc1ccc(-c2ccccc2)cc1. The van der Waals surface area contributed by atoms with Gasteiger partial charge in [0.2, 0.25) is 0 Å². The number of hydrogen-bond donors (Lipinski definition) is 2. The van der Waals surface area contributed by atoms with E-state index in [0.29, 0.717) is 5.96 Å². The van der Waals surface area contributed by atoms with Gasteiger partial charge >= 0.3 is 0 Å². The van der Waals surface area contributed by atoms with Crippen LogP contribution in [0, 0.1) is 0 Å². The number of anilines is 1. The summed E-state index contributed by atoms with van der Waals surface area (Å²) in [5.41, 5.74) is 9.03. The molecule has 20 heavy (non-hydrogen) atoms. The highest BCUT2D eigenvalue weighted by Crippen LogP contribution is 2.21. The van der Waals surface area contributed by atoms with Crippen LogP contribution >= 0.6 is 0 Å². The molecule has 0 heterocycles. The molecule has 0 bridgehead atoms. The van der Waals surface area contributed by atoms with Crippen molar-refractivity contribution in [1.82, 2.24) is 0 Å². The molecule has 3 heteroatoms. The summed E-state index contributed by atoms with van der Waals surface area (Å²) in [5.74, 6) is 0.435. The Kier molecular flexibility index (Phi) is 4.08. The number of guanidine groups is 1. The predicted molar refractivity (Wildman–Crippen MR) is 86.9 cm³/mol. The summed E-state index contributed by atoms with van der Waals surface area (Å²) >= 11 is 0. The second-order valence-corrected chi connectivity index (χ2v) is 5.74. The van der Waals surface area contributed by atoms with Gasteiger partial charge in [0.1, 0.15) is 0 Å². The normalized spacial score (nSPS) is 12.2. The molecule has 3 nitrogen and oxygen atoms in total. The molecule has 0 aliphatic heterocycles. The van der Waals surface area contributed by atoms with Crippen molar-refractivity contribution in [2.75, 3.05) is 5.32 Å². The van der Waals surface area contributed by atoms with Crippen LogP contribution in [0.5, 0.6) is 0 Å². The van der Waals surface area contributed by atoms with Gasteiger partial charge in [-0.15, -0.1) is 0 Å². The van der Waals surface area contributed by atoms with Crippen LogP contribution in [0.3, 0.4) is 0 Å². The number of nitrogens with one attached hydrogen (secondary N) is 1. The number of nitrogens with two attached hydrogens (primary N) is 1. The average molecular weight is 267 g/mol. The molecule has 0 aliphatic rings. The van der Waals surface area contributed by atoms with Gasteiger partial charge in [-0.05, 0) is 44.0 Å². The maximum atomic E-state index is 5.88. The van der Waals surface area contributed by atoms with Crippen molar-refractivity contribution in [2.45, 2.75) is 26.3 Å². The van der Waals surface area contributed by atoms with Gasteiger partial charge in [0.05, 0.1) is 5.54 Å². The van der Waals surface area contributed by atoms with E-state index < -0.39 is 0 Å². The zero-order chi connectivity index (χ0) is 14.6. The summed E-state index contributed by atoms with van der Waals surface area (Å²) in [4.78, 5) is 4.37. The minimum Gasteiger partial charge on any atom is -0.370 e. The first-order valence-corrected chi connectivity index (χ1v) is 6.72. The molecule has 0 amide bonds. The number of rotatable bonds is 2. The lowest BCUT2D eigenvalue weighted by Gasteiger charge is -2.14. The molecule has 3 N–H and O–H groups in total. The van der Waals surface area contributed by atoms with Crippen LogP contribution in [0.15, 0.2) is 59.6 Å². The van der Waals surface area contributed by atoms with Crippen LogP contribution in [0.25, 0.3) is 11.1 Å². The first kappa shape index (κ1) is 14.1. The van der Waals surface area contributed by atoms with E-state index in [9.17, 15) is 0 Å². The van der Waals surface area contributed by atoms with Crippen molar-refractivity contribution in [3.8, 4) is 11.1 Å². The smallest absolute Gasteiger partial charge is 0.193 e. The Bertz CT molecular complexity index is 578. The molecule has 104 valence electrons. The van der Waals surface area contributed by atoms with Crippen molar-refractivity contribution in [3.05, 3.63) is 54.6 Å². The van der Waals surface area contributed by atoms with E-state index in [0.717, 1.165) is 5.69 Å². The minimum absolute atomic E-state index is 0.180. The summed E-state index contributed by atoms with van der Waals surface area (Å²) < 4.78 is 0. The highest BCUT2D eigenvalue weighted by molar-refractivity contribution is 5.92. The molecular formula is C17H21N3. The zero-order valence-electron chi connectivity index (χ0n) is 12.2. The molecule has 0 fully saturated rings. The highest BCUT2D eigenvalue weighted by atomic mass is 15.1. The Morgan fingerprint density at radius 3 is 2.00 bits per heavy atom. The number of benzene rings is 2. The van der Waals surface area contributed by atoms with Gasteiger partial charge in [0.25, 0.3) is 0 Å². The number of nitrogens with zero attached hydrogens (tertiary/aromatic N) is 1. The molecule has 0 aliphatic carbocycles. The van der Waals surface area contributed by atoms with Crippen molar-refractivity contribution in [1.29, 1.82) is 0 Å². The van der Waals surface area contributed by atoms with Crippen LogP contribution in [0.2, 0.25) is 0 Å². The molecule has 2 aromatic carbocycles. The van der Waals surface area contributed by atoms with Crippen molar-refractivity contribution in [2.24, 2.45) is 10.7 Å². The quantitative estimate of drug-likeness (QED) is 0.641. The fourth-order valence-electron chi connectivity index (χ4n) is 1.91. The molecule has 0 saturated carbocycles. The van der Waals surface area contributed by atoms with Crippen LogP contribution in [-0.4, -0.2) is 11.5 Å². The van der Waals surface area contributed by atoms with Crippen molar-refractivity contribution >= 4 is 11.6 Å². The van der Waals surface area contributed by atoms with E-state index in [1.807, 2.05) is 51.1 Å². The Labute approximate surface area is 120 Å². The van der Waals surface area contributed by atoms with Crippen LogP contribution in [0.4, 0.5) is 5.69 Å². The maximum Gasteiger partial charge on any atom is 0.193 e. The number of hydrogen-bond acceptors (Lipinski definition) is 1. The van der Waals surface area contributed by atoms with Gasteiger partial charge < -0.3 is 11.1 Å². The Morgan fingerprint density at radius 2 is 1.45 bits per heavy atom. The molecule has 0 unspecified atom stereocenters. The Balaban J connectivity index is 2.12. The standard InChI is InChI=1S/C17H21N3/c1-17(2,3)20-16(18)19-15-11-9-14(10-12-15)13-7-5-4-6-8-13/h4-12H,1-3H3,(H3,18,19,20). The Morgan fingerprint density at radius 1 is 0.900 bits per heavy atom. The Hall–Kier alpha value is -2.29. The lowest BCUT2D eigenvalue weighted by Crippen LogP contribution is -2.27. The first-order valence-electron chi connectivity index (χ1n) is 6.72. The van der Waals surface area contributed by atoms with E-state index in [-0.39, 0.29) is 5.54 Å². The van der Waals surface area contributed by atoms with Crippen LogP contribution in [0.1, 0.15) is 20.8 Å². The lowest BCUT2D eigenvalue weighted by molar-refractivity contribution is 0.583. The third kappa shape index (κ3) is 4.12. The van der Waals surface area contributed by atoms with E-state index >= 15 is 0 Å². The molecule has 2 rings (SSSR count). The van der Waals surface area contributed by atoms with Gasteiger partial charge in [-0.1, -0.05) is 42.5 Å². The highest BCUT2D eigenvalue weighted by Gasteiger charge is 2.08. The zero-order valence-corrected chi connectivity index (χ0v) is 12.2. The summed E-state index contributed by atoms with van der Waals surface area (Å²) in [6, 6.07) is 18.4. The molecule has 0 aromatic heterocycles. The summed E-state index contributed by atoms with van der Waals surface area (Å²) in [6.45, 7) is 6.04. The molecular weight excluding hydrogens is 246 g/mol. The summed E-state index contributed by atoms with van der Waals surface area (Å²) in [7, 11) is 0. The van der Waals surface area contributed by atoms with Crippen molar-refractivity contribution in [3.63, 3.8) is 0 Å². The maximum absolute atomic E-state index is 5.88. The van der Waals surface area contributed by atoms with E-state index in [2.05, 4.69) is 34.6 Å². The average Bonchev–Trinajstić information content (AvgIpc) is 2.38. The van der Waals surface area contributed by atoms with Gasteiger partial charge in [-0.25, -0.2) is 4.99 Å². The fraction of sp³-hybridized carbons (Fsp3) is 0.235. The molecule has 0 radical (unpaired) electrons. The summed E-state index contributed by atoms with van der Waals surface area (Å²) in [6.07, 6.45) is 0. The van der Waals surface area contributed by atoms with Crippen LogP contribution in [-0.2, 0) is 0 Å². The largest absolute Gasteiger partial charge is 0.370 e. The second kappa shape index (κ2) is 5.78. The minimum atomic E-state index is -0.180. The van der Waals surface area contributed by atoms with E-state index in [1.165, 1.54) is 11.1 Å². The van der Waals surface area contributed by atoms with E-state index in [4.69, 9.17) is 5.73 Å². The monoisotopic (exact) mass is 267 g/mol. The molecule has 0 spiro atoms. The van der Waals surface area contributed by atoms with Gasteiger partial charge in [0, 0.05) is 5.69 Å². The van der Waals surface area contributed by atoms with Crippen molar-refractivity contribution < 1.29 is 0 Å². The van der Waals surface area contributed by atoms with Gasteiger partial charge in [-0.3, -0.25) is 0 Å². The van der Waals surface area contributed by atoms with E-state index in [1.54, 1.807) is 0 Å².